The van der Waals surface area contributed by atoms with Crippen LogP contribution in [0, 0.1) is 5.82 Å². The molecular weight excluding hydrogens is 231 g/mol. The zero-order valence-corrected chi connectivity index (χ0v) is 9.47. The number of nitrogens with one attached hydrogen (secondary N) is 1. The van der Waals surface area contributed by atoms with E-state index in [4.69, 9.17) is 5.73 Å². The molecule has 16 heavy (non-hydrogen) atoms. The minimum absolute atomic E-state index is 0. The molecule has 0 spiro atoms. The minimum Gasteiger partial charge on any atom is -0.352 e. The van der Waals surface area contributed by atoms with Crippen molar-refractivity contribution in [1.82, 2.24) is 5.32 Å². The van der Waals surface area contributed by atoms with Gasteiger partial charge in [0.05, 0.1) is 6.54 Å². The summed E-state index contributed by atoms with van der Waals surface area (Å²) in [6.07, 6.45) is 0.870. The van der Waals surface area contributed by atoms with Crippen LogP contribution < -0.4 is 11.1 Å². The Balaban J connectivity index is 0.00000128. The fraction of sp³-hybridized carbons (Fsp3) is 0.364. The average Bonchev–Trinajstić information content (AvgIpc) is 2.97. The molecule has 1 aliphatic rings. The molecule has 0 bridgehead atoms. The third kappa shape index (κ3) is 2.93. The second-order valence-electron chi connectivity index (χ2n) is 3.78. The molecule has 2 unspecified atom stereocenters. The number of halogens is 2. The van der Waals surface area contributed by atoms with Crippen LogP contribution in [0.1, 0.15) is 17.9 Å². The van der Waals surface area contributed by atoms with Crippen molar-refractivity contribution in [2.24, 2.45) is 5.73 Å². The van der Waals surface area contributed by atoms with E-state index in [1.165, 1.54) is 12.1 Å². The molecule has 5 heteroatoms. The molecule has 1 aromatic carbocycles. The molecule has 1 amide bonds. The number of hydrogen-bond acceptors (Lipinski definition) is 2. The normalized spacial score (nSPS) is 22.1. The van der Waals surface area contributed by atoms with Crippen molar-refractivity contribution in [3.05, 3.63) is 35.6 Å². The maximum absolute atomic E-state index is 12.9. The topological polar surface area (TPSA) is 55.1 Å². The predicted octanol–water partition coefficient (Wildman–Crippen LogP) is 1.18. The van der Waals surface area contributed by atoms with Gasteiger partial charge in [-0.2, -0.15) is 0 Å². The van der Waals surface area contributed by atoms with Crippen LogP contribution in [0.5, 0.6) is 0 Å². The Morgan fingerprint density at radius 2 is 2.31 bits per heavy atom. The molecule has 88 valence electrons. The van der Waals surface area contributed by atoms with E-state index < -0.39 is 0 Å². The van der Waals surface area contributed by atoms with Crippen LogP contribution >= 0.6 is 12.4 Å². The monoisotopic (exact) mass is 244 g/mol. The molecule has 2 atom stereocenters. The number of rotatable bonds is 3. The van der Waals surface area contributed by atoms with E-state index in [9.17, 15) is 9.18 Å². The minimum atomic E-state index is -0.233. The lowest BCUT2D eigenvalue weighted by atomic mass is 10.1. The van der Waals surface area contributed by atoms with Gasteiger partial charge in [-0.15, -0.1) is 12.4 Å². The summed E-state index contributed by atoms with van der Waals surface area (Å²) in [5.74, 6) is -0.140. The number of benzene rings is 1. The number of carbonyl (C=O) groups is 1. The highest BCUT2D eigenvalue weighted by atomic mass is 35.5. The van der Waals surface area contributed by atoms with E-state index in [-0.39, 0.29) is 42.6 Å². The number of nitrogens with two attached hydrogens (primary N) is 1. The molecule has 1 aromatic rings. The van der Waals surface area contributed by atoms with Gasteiger partial charge in [-0.1, -0.05) is 12.1 Å². The summed E-state index contributed by atoms with van der Waals surface area (Å²) in [5.41, 5.74) is 6.13. The molecule has 1 aliphatic carbocycles. The highest BCUT2D eigenvalue weighted by molar-refractivity contribution is 5.85. The Labute approximate surface area is 99.6 Å². The SMILES string of the molecule is Cl.NCC(=O)NC1CC1c1cccc(F)c1. The van der Waals surface area contributed by atoms with Gasteiger partial charge in [0.2, 0.25) is 5.91 Å². The standard InChI is InChI=1S/C11H13FN2O.ClH/c12-8-3-1-2-7(4-8)9-5-10(9)14-11(15)6-13;/h1-4,9-10H,5-6,13H2,(H,14,15);1H. The highest BCUT2D eigenvalue weighted by Gasteiger charge is 2.39. The summed E-state index contributed by atoms with van der Waals surface area (Å²) in [4.78, 5) is 11.0. The van der Waals surface area contributed by atoms with Crippen molar-refractivity contribution in [2.75, 3.05) is 6.54 Å². The summed E-state index contributed by atoms with van der Waals surface area (Å²) < 4.78 is 12.9. The first kappa shape index (κ1) is 12.9. The predicted molar refractivity (Wildman–Crippen MR) is 62.0 cm³/mol. The second kappa shape index (κ2) is 5.27. The maximum Gasteiger partial charge on any atom is 0.233 e. The lowest BCUT2D eigenvalue weighted by Crippen LogP contribution is -2.32. The molecular formula is C11H14ClFN2O. The summed E-state index contributed by atoms with van der Waals surface area (Å²) in [7, 11) is 0. The first-order valence-corrected chi connectivity index (χ1v) is 4.95. The first-order chi connectivity index (χ1) is 7.20. The van der Waals surface area contributed by atoms with Crippen molar-refractivity contribution in [3.8, 4) is 0 Å². The van der Waals surface area contributed by atoms with Crippen LogP contribution in [0.25, 0.3) is 0 Å². The van der Waals surface area contributed by atoms with E-state index in [0.29, 0.717) is 0 Å². The van der Waals surface area contributed by atoms with E-state index >= 15 is 0 Å². The highest BCUT2D eigenvalue weighted by Crippen LogP contribution is 2.40. The molecule has 0 aromatic heterocycles. The molecule has 2 rings (SSSR count). The number of amides is 1. The van der Waals surface area contributed by atoms with Gasteiger partial charge in [0.25, 0.3) is 0 Å². The van der Waals surface area contributed by atoms with Crippen molar-refractivity contribution < 1.29 is 9.18 Å². The summed E-state index contributed by atoms with van der Waals surface area (Å²) in [6.45, 7) is 0.00632. The molecule has 0 heterocycles. The van der Waals surface area contributed by atoms with Crippen LogP contribution in [-0.4, -0.2) is 18.5 Å². The molecule has 3 nitrogen and oxygen atoms in total. The summed E-state index contributed by atoms with van der Waals surface area (Å²) >= 11 is 0. The van der Waals surface area contributed by atoms with E-state index in [2.05, 4.69) is 5.32 Å². The zero-order valence-electron chi connectivity index (χ0n) is 8.65. The largest absolute Gasteiger partial charge is 0.352 e. The summed E-state index contributed by atoms with van der Waals surface area (Å²) in [6, 6.07) is 6.62. The molecule has 0 aliphatic heterocycles. The van der Waals surface area contributed by atoms with E-state index in [1.54, 1.807) is 6.07 Å². The molecule has 0 radical (unpaired) electrons. The van der Waals surface area contributed by atoms with Gasteiger partial charge >= 0.3 is 0 Å². The molecule has 1 saturated carbocycles. The second-order valence-corrected chi connectivity index (χ2v) is 3.78. The van der Waals surface area contributed by atoms with Gasteiger partial charge in [-0.3, -0.25) is 4.79 Å². The van der Waals surface area contributed by atoms with Crippen LogP contribution in [0.4, 0.5) is 4.39 Å². The van der Waals surface area contributed by atoms with Gasteiger partial charge in [0, 0.05) is 12.0 Å². The summed E-state index contributed by atoms with van der Waals surface area (Å²) in [5, 5.41) is 2.79. The van der Waals surface area contributed by atoms with Crippen molar-refractivity contribution in [1.29, 1.82) is 0 Å². The van der Waals surface area contributed by atoms with Crippen LogP contribution in [0.2, 0.25) is 0 Å². The van der Waals surface area contributed by atoms with E-state index in [0.717, 1.165) is 12.0 Å². The Morgan fingerprint density at radius 3 is 2.94 bits per heavy atom. The average molecular weight is 245 g/mol. The maximum atomic E-state index is 12.9. The third-order valence-electron chi connectivity index (χ3n) is 2.60. The fourth-order valence-corrected chi connectivity index (χ4v) is 1.73. The Morgan fingerprint density at radius 1 is 1.56 bits per heavy atom. The molecule has 3 N–H and O–H groups in total. The van der Waals surface area contributed by atoms with Crippen molar-refractivity contribution >= 4 is 18.3 Å². The van der Waals surface area contributed by atoms with Crippen molar-refractivity contribution in [3.63, 3.8) is 0 Å². The number of hydrogen-bond donors (Lipinski definition) is 2. The number of carbonyl (C=O) groups excluding carboxylic acids is 1. The Kier molecular flexibility index (Phi) is 4.26. The van der Waals surface area contributed by atoms with Gasteiger partial charge < -0.3 is 11.1 Å². The molecule has 0 saturated heterocycles. The Hall–Kier alpha value is -1.13. The fourth-order valence-electron chi connectivity index (χ4n) is 1.73. The van der Waals surface area contributed by atoms with Crippen molar-refractivity contribution in [2.45, 2.75) is 18.4 Å². The van der Waals surface area contributed by atoms with Gasteiger partial charge in [-0.25, -0.2) is 4.39 Å². The first-order valence-electron chi connectivity index (χ1n) is 4.95. The van der Waals surface area contributed by atoms with Crippen LogP contribution in [0.3, 0.4) is 0 Å². The van der Waals surface area contributed by atoms with Gasteiger partial charge in [0.15, 0.2) is 0 Å². The van der Waals surface area contributed by atoms with Gasteiger partial charge in [-0.05, 0) is 24.1 Å². The van der Waals surface area contributed by atoms with Crippen LogP contribution in [0.15, 0.2) is 24.3 Å². The lowest BCUT2D eigenvalue weighted by molar-refractivity contribution is -0.119. The molecule has 1 fully saturated rings. The van der Waals surface area contributed by atoms with E-state index in [1.807, 2.05) is 6.07 Å². The smallest absolute Gasteiger partial charge is 0.233 e. The van der Waals surface area contributed by atoms with Crippen LogP contribution in [-0.2, 0) is 4.79 Å². The van der Waals surface area contributed by atoms with Gasteiger partial charge in [0.1, 0.15) is 5.82 Å². The zero-order chi connectivity index (χ0) is 10.8. The Bertz CT molecular complexity index is 386. The third-order valence-corrected chi connectivity index (χ3v) is 2.60. The quantitative estimate of drug-likeness (QED) is 0.839. The lowest BCUT2D eigenvalue weighted by Gasteiger charge is -2.02.